The van der Waals surface area contributed by atoms with Crippen molar-refractivity contribution < 1.29 is 14.3 Å². The molecule has 2 rings (SSSR count). The van der Waals surface area contributed by atoms with Crippen LogP contribution in [0.15, 0.2) is 18.2 Å². The number of benzene rings is 1. The molecule has 0 amide bonds. The molecule has 18 heavy (non-hydrogen) atoms. The van der Waals surface area contributed by atoms with Gasteiger partial charge in [-0.1, -0.05) is 18.2 Å². The molecule has 0 saturated heterocycles. The number of carbonyl (C=O) groups is 1. The van der Waals surface area contributed by atoms with Crippen molar-refractivity contribution in [1.29, 1.82) is 0 Å². The van der Waals surface area contributed by atoms with Crippen LogP contribution in [0.1, 0.15) is 23.1 Å². The second kappa shape index (κ2) is 5.01. The van der Waals surface area contributed by atoms with Gasteiger partial charge in [-0.3, -0.25) is 0 Å². The molecular weight excluding hydrogens is 352 g/mol. The van der Waals surface area contributed by atoms with E-state index in [4.69, 9.17) is 5.11 Å². The third kappa shape index (κ3) is 2.09. The average molecular weight is 361 g/mol. The van der Waals surface area contributed by atoms with Crippen molar-refractivity contribution in [2.24, 2.45) is 0 Å². The maximum Gasteiger partial charge on any atom is 0.358 e. The van der Waals surface area contributed by atoms with E-state index in [1.807, 2.05) is 22.6 Å². The van der Waals surface area contributed by atoms with E-state index in [0.29, 0.717) is 21.4 Å². The van der Waals surface area contributed by atoms with Crippen LogP contribution in [0, 0.1) is 9.39 Å². The lowest BCUT2D eigenvalue weighted by Gasteiger charge is -2.07. The number of nitrogens with zero attached hydrogens (tertiary/aromatic N) is 3. The van der Waals surface area contributed by atoms with Crippen LogP contribution in [0.3, 0.4) is 0 Å². The molecule has 0 radical (unpaired) electrons. The molecule has 0 saturated carbocycles. The molecule has 0 bridgehead atoms. The second-order valence-electron chi connectivity index (χ2n) is 3.53. The molecule has 2 aromatic rings. The summed E-state index contributed by atoms with van der Waals surface area (Å²) in [4.78, 5) is 11.0. The molecule has 0 fully saturated rings. The monoisotopic (exact) mass is 361 g/mol. The highest BCUT2D eigenvalue weighted by atomic mass is 127. The van der Waals surface area contributed by atoms with Gasteiger partial charge < -0.3 is 5.11 Å². The normalized spacial score (nSPS) is 10.6. The number of hydrogen-bond donors (Lipinski definition) is 1. The fourth-order valence-corrected chi connectivity index (χ4v) is 2.22. The summed E-state index contributed by atoms with van der Waals surface area (Å²) >= 11 is 1.86. The van der Waals surface area contributed by atoms with Gasteiger partial charge in [-0.25, -0.2) is 13.9 Å². The Kier molecular flexibility index (Phi) is 3.60. The van der Waals surface area contributed by atoms with E-state index in [1.165, 1.54) is 10.7 Å². The van der Waals surface area contributed by atoms with E-state index in [-0.39, 0.29) is 11.5 Å². The minimum atomic E-state index is -1.13. The number of halogens is 2. The van der Waals surface area contributed by atoms with Crippen molar-refractivity contribution >= 4 is 28.6 Å². The third-order valence-corrected chi connectivity index (χ3v) is 3.53. The van der Waals surface area contributed by atoms with Gasteiger partial charge >= 0.3 is 5.97 Å². The summed E-state index contributed by atoms with van der Waals surface area (Å²) in [5.41, 5.74) is 0.844. The highest BCUT2D eigenvalue weighted by molar-refractivity contribution is 14.1. The van der Waals surface area contributed by atoms with E-state index < -0.39 is 5.97 Å². The summed E-state index contributed by atoms with van der Waals surface area (Å²) in [6.45, 7) is 1.80. The molecule has 1 N–H and O–H groups in total. The molecule has 1 aromatic heterocycles. The predicted octanol–water partition coefficient (Wildman–Crippen LogP) is 2.27. The maximum absolute atomic E-state index is 13.5. The molecule has 94 valence electrons. The van der Waals surface area contributed by atoms with Gasteiger partial charge in [-0.2, -0.15) is 0 Å². The number of carboxylic acid groups (broad SMARTS) is 1. The lowest BCUT2D eigenvalue weighted by molar-refractivity contribution is 0.0689. The first kappa shape index (κ1) is 12.9. The standard InChI is InChI=1S/C11H9FIN3O2/c1-2-7-10(11(17)18)14-15-16(7)8-5-3-4-6(12)9(8)13/h3-5H,2H2,1H3,(H,17,18). The number of carboxylic acids is 1. The zero-order valence-electron chi connectivity index (χ0n) is 9.39. The molecule has 0 spiro atoms. The SMILES string of the molecule is CCc1c(C(=O)O)nnn1-c1cccc(F)c1I. The topological polar surface area (TPSA) is 68.0 Å². The fraction of sp³-hybridized carbons (Fsp3) is 0.182. The van der Waals surface area contributed by atoms with Crippen molar-refractivity contribution in [3.05, 3.63) is 39.0 Å². The number of aromatic nitrogens is 3. The van der Waals surface area contributed by atoms with Crippen molar-refractivity contribution in [3.63, 3.8) is 0 Å². The smallest absolute Gasteiger partial charge is 0.358 e. The van der Waals surface area contributed by atoms with Crippen molar-refractivity contribution in [2.75, 3.05) is 0 Å². The van der Waals surface area contributed by atoms with E-state index in [1.54, 1.807) is 19.1 Å². The van der Waals surface area contributed by atoms with Crippen LogP contribution in [0.2, 0.25) is 0 Å². The van der Waals surface area contributed by atoms with Gasteiger partial charge in [0.25, 0.3) is 0 Å². The van der Waals surface area contributed by atoms with Crippen molar-refractivity contribution in [1.82, 2.24) is 15.0 Å². The highest BCUT2D eigenvalue weighted by Crippen LogP contribution is 2.22. The van der Waals surface area contributed by atoms with Crippen LogP contribution >= 0.6 is 22.6 Å². The van der Waals surface area contributed by atoms with Gasteiger partial charge in [0.1, 0.15) is 5.82 Å². The van der Waals surface area contributed by atoms with Crippen LogP contribution in [0.4, 0.5) is 4.39 Å². The van der Waals surface area contributed by atoms with E-state index >= 15 is 0 Å². The summed E-state index contributed by atoms with van der Waals surface area (Å²) in [6, 6.07) is 4.56. The predicted molar refractivity (Wildman–Crippen MR) is 70.4 cm³/mol. The van der Waals surface area contributed by atoms with Gasteiger partial charge in [0.2, 0.25) is 0 Å². The van der Waals surface area contributed by atoms with E-state index in [9.17, 15) is 9.18 Å². The second-order valence-corrected chi connectivity index (χ2v) is 4.61. The fourth-order valence-electron chi connectivity index (χ4n) is 1.63. The van der Waals surface area contributed by atoms with Crippen molar-refractivity contribution in [3.8, 4) is 5.69 Å². The van der Waals surface area contributed by atoms with Crippen molar-refractivity contribution in [2.45, 2.75) is 13.3 Å². The minimum absolute atomic E-state index is 0.0995. The summed E-state index contributed by atoms with van der Waals surface area (Å²) in [5.74, 6) is -1.51. The summed E-state index contributed by atoms with van der Waals surface area (Å²) in [7, 11) is 0. The quantitative estimate of drug-likeness (QED) is 0.852. The van der Waals surface area contributed by atoms with Gasteiger partial charge in [-0.15, -0.1) is 5.10 Å². The molecule has 7 heteroatoms. The highest BCUT2D eigenvalue weighted by Gasteiger charge is 2.20. The molecule has 0 atom stereocenters. The molecule has 0 aliphatic heterocycles. The molecular formula is C11H9FIN3O2. The van der Waals surface area contributed by atoms with Gasteiger partial charge in [-0.05, 0) is 41.1 Å². The van der Waals surface area contributed by atoms with Gasteiger partial charge in [0.05, 0.1) is 15.0 Å². The number of hydrogen-bond acceptors (Lipinski definition) is 3. The van der Waals surface area contributed by atoms with Crippen LogP contribution in [-0.4, -0.2) is 26.1 Å². The first-order valence-electron chi connectivity index (χ1n) is 5.18. The van der Waals surface area contributed by atoms with Crippen LogP contribution < -0.4 is 0 Å². The Morgan fingerprint density at radius 1 is 1.56 bits per heavy atom. The van der Waals surface area contributed by atoms with E-state index in [2.05, 4.69) is 10.3 Å². The largest absolute Gasteiger partial charge is 0.476 e. The van der Waals surface area contributed by atoms with Gasteiger partial charge in [0.15, 0.2) is 5.69 Å². The third-order valence-electron chi connectivity index (χ3n) is 2.46. The Hall–Kier alpha value is -1.51. The minimum Gasteiger partial charge on any atom is -0.476 e. The van der Waals surface area contributed by atoms with Gasteiger partial charge in [0, 0.05) is 0 Å². The Morgan fingerprint density at radius 3 is 2.89 bits per heavy atom. The zero-order valence-corrected chi connectivity index (χ0v) is 11.5. The summed E-state index contributed by atoms with van der Waals surface area (Å²) in [5, 5.41) is 16.4. The Labute approximate surface area is 116 Å². The first-order chi connectivity index (χ1) is 8.56. The van der Waals surface area contributed by atoms with Crippen LogP contribution in [0.5, 0.6) is 0 Å². The van der Waals surface area contributed by atoms with Crippen LogP contribution in [0.25, 0.3) is 5.69 Å². The molecule has 0 unspecified atom stereocenters. The van der Waals surface area contributed by atoms with Crippen LogP contribution in [-0.2, 0) is 6.42 Å². The Balaban J connectivity index is 2.65. The summed E-state index contributed by atoms with van der Waals surface area (Å²) in [6.07, 6.45) is 0.446. The van der Waals surface area contributed by atoms with E-state index in [0.717, 1.165) is 0 Å². The zero-order chi connectivity index (χ0) is 13.3. The maximum atomic E-state index is 13.5. The average Bonchev–Trinajstić information content (AvgIpc) is 2.76. The summed E-state index contributed by atoms with van der Waals surface area (Å²) < 4.78 is 15.2. The molecule has 1 heterocycles. The number of rotatable bonds is 3. The first-order valence-corrected chi connectivity index (χ1v) is 6.26. The Morgan fingerprint density at radius 2 is 2.28 bits per heavy atom. The molecule has 0 aliphatic carbocycles. The lowest BCUT2D eigenvalue weighted by Crippen LogP contribution is -2.07. The molecule has 0 aliphatic rings. The lowest BCUT2D eigenvalue weighted by atomic mass is 10.2. The Bertz CT molecular complexity index is 612. The molecule has 1 aromatic carbocycles. The number of aromatic carboxylic acids is 1. The molecule has 5 nitrogen and oxygen atoms in total.